The number of hydrogen-bond acceptors (Lipinski definition) is 5. The first-order valence-corrected chi connectivity index (χ1v) is 6.89. The highest BCUT2D eigenvalue weighted by atomic mass is 32.2. The van der Waals surface area contributed by atoms with E-state index in [4.69, 9.17) is 10.3 Å². The largest absolute Gasteiger partial charge is 0.399 e. The highest BCUT2D eigenvalue weighted by molar-refractivity contribution is 7.85. The second kappa shape index (κ2) is 4.32. The molecule has 1 aliphatic rings. The van der Waals surface area contributed by atoms with E-state index < -0.39 is 10.1 Å². The number of nitrogens with two attached hydrogens (primary N) is 1. The number of carbonyl (C=O) groups is 1. The SMILES string of the molecule is CC1=NN(c2cc(N)cc(S(=O)(=O)O)c2C)C(=O)C1. The van der Waals surface area contributed by atoms with Crippen molar-refractivity contribution < 1.29 is 17.8 Å². The Morgan fingerprint density at radius 3 is 2.47 bits per heavy atom. The molecule has 0 spiro atoms. The molecule has 0 saturated carbocycles. The average Bonchev–Trinajstić information content (AvgIpc) is 2.59. The van der Waals surface area contributed by atoms with E-state index in [0.717, 1.165) is 11.1 Å². The van der Waals surface area contributed by atoms with Crippen LogP contribution in [0.2, 0.25) is 0 Å². The smallest absolute Gasteiger partial charge is 0.294 e. The van der Waals surface area contributed by atoms with E-state index in [-0.39, 0.29) is 34.2 Å². The zero-order chi connectivity index (χ0) is 14.4. The summed E-state index contributed by atoms with van der Waals surface area (Å²) in [5.41, 5.74) is 6.85. The minimum Gasteiger partial charge on any atom is -0.399 e. The van der Waals surface area contributed by atoms with E-state index in [0.29, 0.717) is 5.71 Å². The minimum atomic E-state index is -4.41. The third-order valence-corrected chi connectivity index (χ3v) is 3.75. The molecule has 8 heteroatoms. The van der Waals surface area contributed by atoms with Crippen molar-refractivity contribution in [2.45, 2.75) is 25.2 Å². The lowest BCUT2D eigenvalue weighted by atomic mass is 10.1. The molecule has 3 N–H and O–H groups in total. The van der Waals surface area contributed by atoms with Crippen molar-refractivity contribution in [3.05, 3.63) is 17.7 Å². The monoisotopic (exact) mass is 283 g/mol. The average molecular weight is 283 g/mol. The molecule has 1 aliphatic heterocycles. The Hall–Kier alpha value is -1.93. The Bertz CT molecular complexity index is 694. The molecule has 1 heterocycles. The number of hydrazone groups is 1. The number of rotatable bonds is 2. The lowest BCUT2D eigenvalue weighted by molar-refractivity contribution is -0.116. The van der Waals surface area contributed by atoms with Crippen molar-refractivity contribution in [1.29, 1.82) is 0 Å². The van der Waals surface area contributed by atoms with Gasteiger partial charge in [0.15, 0.2) is 0 Å². The van der Waals surface area contributed by atoms with Gasteiger partial charge in [-0.2, -0.15) is 13.5 Å². The molecule has 1 amide bonds. The summed E-state index contributed by atoms with van der Waals surface area (Å²) in [6, 6.07) is 2.59. The maximum atomic E-state index is 11.8. The van der Waals surface area contributed by atoms with Crippen molar-refractivity contribution in [2.75, 3.05) is 10.7 Å². The zero-order valence-electron chi connectivity index (χ0n) is 10.4. The highest BCUT2D eigenvalue weighted by Crippen LogP contribution is 2.31. The fourth-order valence-corrected chi connectivity index (χ4v) is 2.70. The van der Waals surface area contributed by atoms with Crippen molar-refractivity contribution in [3.63, 3.8) is 0 Å². The van der Waals surface area contributed by atoms with E-state index in [9.17, 15) is 13.2 Å². The van der Waals surface area contributed by atoms with E-state index in [2.05, 4.69) is 5.10 Å². The van der Waals surface area contributed by atoms with Crippen LogP contribution in [-0.4, -0.2) is 24.6 Å². The van der Waals surface area contributed by atoms with Gasteiger partial charge in [-0.1, -0.05) is 0 Å². The number of nitrogen functional groups attached to an aromatic ring is 1. The Labute approximate surface area is 110 Å². The lowest BCUT2D eigenvalue weighted by Crippen LogP contribution is -2.21. The molecule has 0 bridgehead atoms. The van der Waals surface area contributed by atoms with Gasteiger partial charge < -0.3 is 5.73 Å². The first-order chi connectivity index (χ1) is 8.70. The van der Waals surface area contributed by atoms with Crippen LogP contribution in [0.1, 0.15) is 18.9 Å². The van der Waals surface area contributed by atoms with E-state index in [1.807, 2.05) is 0 Å². The third kappa shape index (κ3) is 2.45. The van der Waals surface area contributed by atoms with Gasteiger partial charge in [0, 0.05) is 11.4 Å². The molecule has 0 fully saturated rings. The van der Waals surface area contributed by atoms with Gasteiger partial charge in [-0.3, -0.25) is 9.35 Å². The van der Waals surface area contributed by atoms with Crippen LogP contribution in [0.25, 0.3) is 0 Å². The van der Waals surface area contributed by atoms with Gasteiger partial charge in [-0.15, -0.1) is 0 Å². The van der Waals surface area contributed by atoms with Gasteiger partial charge in [-0.25, -0.2) is 5.01 Å². The van der Waals surface area contributed by atoms with Crippen molar-refractivity contribution in [1.82, 2.24) is 0 Å². The van der Waals surface area contributed by atoms with Crippen molar-refractivity contribution in [2.24, 2.45) is 5.10 Å². The van der Waals surface area contributed by atoms with Crippen LogP contribution in [0.15, 0.2) is 22.1 Å². The summed E-state index contributed by atoms with van der Waals surface area (Å²) in [4.78, 5) is 11.4. The molecule has 1 aromatic rings. The Morgan fingerprint density at radius 2 is 2.00 bits per heavy atom. The second-order valence-electron chi connectivity index (χ2n) is 4.36. The summed E-state index contributed by atoms with van der Waals surface area (Å²) < 4.78 is 31.7. The lowest BCUT2D eigenvalue weighted by Gasteiger charge is -2.17. The van der Waals surface area contributed by atoms with Crippen LogP contribution in [0.4, 0.5) is 11.4 Å². The second-order valence-corrected chi connectivity index (χ2v) is 5.75. The summed E-state index contributed by atoms with van der Waals surface area (Å²) in [7, 11) is -4.41. The van der Waals surface area contributed by atoms with Crippen LogP contribution >= 0.6 is 0 Å². The molecule has 0 saturated heterocycles. The van der Waals surface area contributed by atoms with Gasteiger partial charge in [0.25, 0.3) is 16.0 Å². The van der Waals surface area contributed by atoms with Gasteiger partial charge in [-0.05, 0) is 31.5 Å². The third-order valence-electron chi connectivity index (χ3n) is 2.78. The predicted molar refractivity (Wildman–Crippen MR) is 70.6 cm³/mol. The molecular weight excluding hydrogens is 270 g/mol. The molecule has 7 nitrogen and oxygen atoms in total. The van der Waals surface area contributed by atoms with Gasteiger partial charge in [0.2, 0.25) is 0 Å². The number of carbonyl (C=O) groups excluding carboxylic acids is 1. The normalized spacial score (nSPS) is 15.8. The predicted octanol–water partition coefficient (Wildman–Crippen LogP) is 0.937. The van der Waals surface area contributed by atoms with Gasteiger partial charge >= 0.3 is 0 Å². The summed E-state index contributed by atoms with van der Waals surface area (Å²) in [6.45, 7) is 3.18. The highest BCUT2D eigenvalue weighted by Gasteiger charge is 2.27. The molecule has 0 aliphatic carbocycles. The molecule has 102 valence electrons. The topological polar surface area (TPSA) is 113 Å². The summed E-state index contributed by atoms with van der Waals surface area (Å²) in [5.74, 6) is -0.271. The van der Waals surface area contributed by atoms with Gasteiger partial charge in [0.1, 0.15) is 4.90 Å². The summed E-state index contributed by atoms with van der Waals surface area (Å²) in [5, 5.41) is 5.14. The maximum absolute atomic E-state index is 11.8. The van der Waals surface area contributed by atoms with Crippen LogP contribution in [0.5, 0.6) is 0 Å². The number of hydrogen-bond donors (Lipinski definition) is 2. The minimum absolute atomic E-state index is 0.126. The molecule has 19 heavy (non-hydrogen) atoms. The van der Waals surface area contributed by atoms with E-state index in [1.165, 1.54) is 13.0 Å². The molecule has 1 aromatic carbocycles. The number of benzene rings is 1. The standard InChI is InChI=1S/C11H13N3O4S/c1-6-3-11(15)14(13-6)9-4-8(12)5-10(7(9)2)19(16,17)18/h4-5H,3,12H2,1-2H3,(H,16,17,18). The quantitative estimate of drug-likeness (QED) is 0.619. The fourth-order valence-electron chi connectivity index (χ4n) is 1.93. The van der Waals surface area contributed by atoms with E-state index >= 15 is 0 Å². The summed E-state index contributed by atoms with van der Waals surface area (Å²) >= 11 is 0. The molecule has 0 radical (unpaired) electrons. The first-order valence-electron chi connectivity index (χ1n) is 5.45. The van der Waals surface area contributed by atoms with Crippen LogP contribution < -0.4 is 10.7 Å². The summed E-state index contributed by atoms with van der Waals surface area (Å²) in [6.07, 6.45) is 0.176. The fraction of sp³-hybridized carbons (Fsp3) is 0.273. The van der Waals surface area contributed by atoms with Crippen LogP contribution in [0, 0.1) is 6.92 Å². The number of amides is 1. The van der Waals surface area contributed by atoms with Crippen molar-refractivity contribution >= 4 is 33.1 Å². The molecule has 2 rings (SSSR count). The van der Waals surface area contributed by atoms with E-state index in [1.54, 1.807) is 6.92 Å². The number of anilines is 2. The molecular formula is C11H13N3O4S. The number of nitrogens with zero attached hydrogens (tertiary/aromatic N) is 2. The first kappa shape index (κ1) is 13.5. The Kier molecular flexibility index (Phi) is 3.07. The molecule has 0 atom stereocenters. The molecule has 0 unspecified atom stereocenters. The van der Waals surface area contributed by atoms with Crippen LogP contribution in [-0.2, 0) is 14.9 Å². The zero-order valence-corrected chi connectivity index (χ0v) is 11.2. The Morgan fingerprint density at radius 1 is 1.37 bits per heavy atom. The van der Waals surface area contributed by atoms with Crippen molar-refractivity contribution in [3.8, 4) is 0 Å². The Balaban J connectivity index is 2.66. The molecule has 0 aromatic heterocycles. The van der Waals surface area contributed by atoms with Gasteiger partial charge in [0.05, 0.1) is 12.1 Å². The van der Waals surface area contributed by atoms with Crippen LogP contribution in [0.3, 0.4) is 0 Å². The maximum Gasteiger partial charge on any atom is 0.294 e.